The normalized spacial score (nSPS) is 21.7. The number of hydrogen-bond donors (Lipinski definition) is 1. The summed E-state index contributed by atoms with van der Waals surface area (Å²) in [7, 11) is -3.02. The zero-order valence-corrected chi connectivity index (χ0v) is 18.7. The molecule has 0 aromatic heterocycles. The summed E-state index contributed by atoms with van der Waals surface area (Å²) in [5.41, 5.74) is 3.92. The number of aryl methyl sites for hydroxylation is 2. The third-order valence-corrected chi connectivity index (χ3v) is 8.54. The third kappa shape index (κ3) is 4.70. The van der Waals surface area contributed by atoms with Crippen LogP contribution in [0.5, 0.6) is 0 Å². The SMILES string of the molecule is CCc1ccc(N(CC(=O)Nc2cccc(C)c2)C2=N[C@H]3CS(=O)(=O)C[C@@H]3S2)cc1. The fourth-order valence-electron chi connectivity index (χ4n) is 3.72. The molecule has 0 unspecified atom stereocenters. The Labute approximate surface area is 181 Å². The Morgan fingerprint density at radius 1 is 1.20 bits per heavy atom. The van der Waals surface area contributed by atoms with Crippen LogP contribution in [0.15, 0.2) is 53.5 Å². The number of anilines is 2. The molecule has 2 aliphatic heterocycles. The first-order valence-corrected chi connectivity index (χ1v) is 12.7. The van der Waals surface area contributed by atoms with Crippen LogP contribution >= 0.6 is 11.8 Å². The van der Waals surface area contributed by atoms with Crippen molar-refractivity contribution in [2.75, 3.05) is 28.3 Å². The maximum absolute atomic E-state index is 12.8. The zero-order chi connectivity index (χ0) is 21.3. The van der Waals surface area contributed by atoms with E-state index < -0.39 is 9.84 Å². The number of benzene rings is 2. The molecule has 6 nitrogen and oxygen atoms in total. The predicted octanol–water partition coefficient (Wildman–Crippen LogP) is 3.27. The van der Waals surface area contributed by atoms with E-state index in [1.54, 1.807) is 0 Å². The van der Waals surface area contributed by atoms with Gasteiger partial charge < -0.3 is 10.2 Å². The minimum atomic E-state index is -3.02. The largest absolute Gasteiger partial charge is 0.325 e. The van der Waals surface area contributed by atoms with Gasteiger partial charge in [0, 0.05) is 16.6 Å². The molecule has 0 aliphatic carbocycles. The molecule has 2 aromatic rings. The summed E-state index contributed by atoms with van der Waals surface area (Å²) < 4.78 is 23.8. The number of nitrogens with one attached hydrogen (secondary N) is 1. The van der Waals surface area contributed by atoms with Gasteiger partial charge in [-0.05, 0) is 48.7 Å². The number of sulfone groups is 1. The second-order valence-electron chi connectivity index (χ2n) is 7.74. The second kappa shape index (κ2) is 8.43. The molecule has 0 spiro atoms. The van der Waals surface area contributed by atoms with Gasteiger partial charge in [-0.25, -0.2) is 8.42 Å². The highest BCUT2D eigenvalue weighted by molar-refractivity contribution is 8.15. The Morgan fingerprint density at radius 2 is 1.97 bits per heavy atom. The van der Waals surface area contributed by atoms with E-state index in [9.17, 15) is 13.2 Å². The molecule has 2 aliphatic rings. The van der Waals surface area contributed by atoms with Gasteiger partial charge in [-0.15, -0.1) is 0 Å². The van der Waals surface area contributed by atoms with Crippen molar-refractivity contribution in [2.45, 2.75) is 31.6 Å². The minimum absolute atomic E-state index is 0.0674. The van der Waals surface area contributed by atoms with Crippen LogP contribution in [0.2, 0.25) is 0 Å². The molecule has 0 saturated carbocycles. The number of carbonyl (C=O) groups excluding carboxylic acids is 1. The molecule has 2 atom stereocenters. The van der Waals surface area contributed by atoms with E-state index in [0.717, 1.165) is 23.4 Å². The number of amidine groups is 1. The van der Waals surface area contributed by atoms with E-state index in [0.29, 0.717) is 5.17 Å². The van der Waals surface area contributed by atoms with Crippen molar-refractivity contribution in [1.29, 1.82) is 0 Å². The topological polar surface area (TPSA) is 78.8 Å². The van der Waals surface area contributed by atoms with Crippen LogP contribution in [0.4, 0.5) is 11.4 Å². The van der Waals surface area contributed by atoms with E-state index in [4.69, 9.17) is 0 Å². The van der Waals surface area contributed by atoms with Crippen molar-refractivity contribution in [1.82, 2.24) is 0 Å². The Bertz CT molecular complexity index is 1080. The lowest BCUT2D eigenvalue weighted by atomic mass is 10.1. The maximum atomic E-state index is 12.8. The Hall–Kier alpha value is -2.32. The molecule has 1 saturated heterocycles. The average molecular weight is 444 g/mol. The lowest BCUT2D eigenvalue weighted by Gasteiger charge is -2.24. The van der Waals surface area contributed by atoms with Crippen LogP contribution in [0, 0.1) is 6.92 Å². The van der Waals surface area contributed by atoms with Crippen LogP contribution in [0.1, 0.15) is 18.1 Å². The van der Waals surface area contributed by atoms with E-state index in [2.05, 4.69) is 17.2 Å². The lowest BCUT2D eigenvalue weighted by Crippen LogP contribution is -2.36. The zero-order valence-electron chi connectivity index (χ0n) is 17.0. The monoisotopic (exact) mass is 443 g/mol. The van der Waals surface area contributed by atoms with E-state index in [1.807, 2.05) is 60.4 Å². The Kier molecular flexibility index (Phi) is 5.88. The number of amides is 1. The van der Waals surface area contributed by atoms with Crippen molar-refractivity contribution < 1.29 is 13.2 Å². The smallest absolute Gasteiger partial charge is 0.244 e. The number of carbonyl (C=O) groups is 1. The molecular formula is C22H25N3O3S2. The van der Waals surface area contributed by atoms with Crippen LogP contribution in [-0.4, -0.2) is 48.8 Å². The number of aliphatic imine (C=N–C) groups is 1. The first-order valence-electron chi connectivity index (χ1n) is 10.0. The van der Waals surface area contributed by atoms with Crippen LogP contribution in [0.3, 0.4) is 0 Å². The predicted molar refractivity (Wildman–Crippen MR) is 124 cm³/mol. The highest BCUT2D eigenvalue weighted by atomic mass is 32.2. The molecular weight excluding hydrogens is 418 g/mol. The van der Waals surface area contributed by atoms with Crippen LogP contribution in [-0.2, 0) is 21.1 Å². The van der Waals surface area contributed by atoms with Gasteiger partial charge in [-0.3, -0.25) is 9.79 Å². The van der Waals surface area contributed by atoms with Crippen molar-refractivity contribution in [2.24, 2.45) is 4.99 Å². The standard InChI is InChI=1S/C22H25N3O3S2/c1-3-16-7-9-18(10-8-16)25(12-21(26)23-17-6-4-5-15(2)11-17)22-24-19-13-30(27,28)14-20(19)29-22/h4-11,19-20H,3,12-14H2,1-2H3,(H,23,26)/t19-,20-/m0/s1. The highest BCUT2D eigenvalue weighted by Gasteiger charge is 2.44. The van der Waals surface area contributed by atoms with Gasteiger partial charge in [-0.1, -0.05) is 43.0 Å². The first kappa shape index (κ1) is 20.9. The molecule has 0 bridgehead atoms. The van der Waals surface area contributed by atoms with Gasteiger partial charge in [0.1, 0.15) is 6.54 Å². The van der Waals surface area contributed by atoms with E-state index in [1.165, 1.54) is 17.3 Å². The number of rotatable bonds is 5. The first-order chi connectivity index (χ1) is 14.3. The van der Waals surface area contributed by atoms with E-state index in [-0.39, 0.29) is 35.2 Å². The summed E-state index contributed by atoms with van der Waals surface area (Å²) >= 11 is 1.46. The molecule has 30 heavy (non-hydrogen) atoms. The number of nitrogens with zero attached hydrogens (tertiary/aromatic N) is 2. The number of fused-ring (bicyclic) bond motifs is 1. The Morgan fingerprint density at radius 3 is 2.63 bits per heavy atom. The second-order valence-corrected chi connectivity index (χ2v) is 11.1. The van der Waals surface area contributed by atoms with Crippen LogP contribution in [0.25, 0.3) is 0 Å². The summed E-state index contributed by atoms with van der Waals surface area (Å²) in [6.45, 7) is 4.19. The molecule has 1 fully saturated rings. The molecule has 0 radical (unpaired) electrons. The fraction of sp³-hybridized carbons (Fsp3) is 0.364. The molecule has 2 heterocycles. The molecule has 1 amide bonds. The number of hydrogen-bond acceptors (Lipinski definition) is 6. The Balaban J connectivity index is 1.57. The van der Waals surface area contributed by atoms with Gasteiger partial charge in [0.05, 0.1) is 17.5 Å². The molecule has 2 aromatic carbocycles. The van der Waals surface area contributed by atoms with E-state index >= 15 is 0 Å². The molecule has 1 N–H and O–H groups in total. The summed E-state index contributed by atoms with van der Waals surface area (Å²) in [4.78, 5) is 19.4. The van der Waals surface area contributed by atoms with Gasteiger partial charge in [-0.2, -0.15) is 0 Å². The minimum Gasteiger partial charge on any atom is -0.325 e. The summed E-state index contributed by atoms with van der Waals surface area (Å²) in [5.74, 6) is 0.0906. The maximum Gasteiger partial charge on any atom is 0.244 e. The molecule has 158 valence electrons. The van der Waals surface area contributed by atoms with Gasteiger partial charge in [0.15, 0.2) is 15.0 Å². The van der Waals surface area contributed by atoms with Gasteiger partial charge >= 0.3 is 0 Å². The lowest BCUT2D eigenvalue weighted by molar-refractivity contribution is -0.114. The van der Waals surface area contributed by atoms with Gasteiger partial charge in [0.25, 0.3) is 0 Å². The van der Waals surface area contributed by atoms with Crippen molar-refractivity contribution in [3.05, 3.63) is 59.7 Å². The molecule has 8 heteroatoms. The van der Waals surface area contributed by atoms with Crippen molar-refractivity contribution in [3.8, 4) is 0 Å². The summed E-state index contributed by atoms with van der Waals surface area (Å²) in [6, 6.07) is 15.5. The number of thioether (sulfide) groups is 1. The van der Waals surface area contributed by atoms with Crippen molar-refractivity contribution in [3.63, 3.8) is 0 Å². The summed E-state index contributed by atoms with van der Waals surface area (Å²) in [5, 5.41) is 3.60. The highest BCUT2D eigenvalue weighted by Crippen LogP contribution is 2.36. The summed E-state index contributed by atoms with van der Waals surface area (Å²) in [6.07, 6.45) is 0.936. The third-order valence-electron chi connectivity index (χ3n) is 5.30. The van der Waals surface area contributed by atoms with Crippen LogP contribution < -0.4 is 10.2 Å². The van der Waals surface area contributed by atoms with Crippen molar-refractivity contribution >= 4 is 44.0 Å². The molecule has 4 rings (SSSR count). The van der Waals surface area contributed by atoms with Gasteiger partial charge in [0.2, 0.25) is 5.91 Å². The quantitative estimate of drug-likeness (QED) is 0.767. The average Bonchev–Trinajstić information content (AvgIpc) is 3.19. The fourth-order valence-corrected chi connectivity index (χ4v) is 7.50.